The number of carbonyl (C=O) groups excluding carboxylic acids is 1. The van der Waals surface area contributed by atoms with Crippen molar-refractivity contribution >= 4 is 11.7 Å². The maximum atomic E-state index is 12.1. The number of amides is 2. The summed E-state index contributed by atoms with van der Waals surface area (Å²) in [5.74, 6) is 0.106. The summed E-state index contributed by atoms with van der Waals surface area (Å²) in [5, 5.41) is 18.4. The van der Waals surface area contributed by atoms with E-state index in [0.29, 0.717) is 19.5 Å². The molecule has 0 fully saturated rings. The van der Waals surface area contributed by atoms with Crippen LogP contribution in [0.1, 0.15) is 24.8 Å². The van der Waals surface area contributed by atoms with E-state index in [4.69, 9.17) is 0 Å². The number of nitrogens with one attached hydrogen (secondary N) is 3. The number of aliphatic hydroxyl groups excluding tert-OH is 1. The monoisotopic (exact) mass is 341 g/mol. The van der Waals surface area contributed by atoms with Crippen LogP contribution in [0.25, 0.3) is 0 Å². The molecule has 134 valence electrons. The number of urea groups is 1. The van der Waals surface area contributed by atoms with Crippen LogP contribution in [-0.2, 0) is 0 Å². The zero-order chi connectivity index (χ0) is 17.9. The van der Waals surface area contributed by atoms with E-state index >= 15 is 0 Å². The molecule has 25 heavy (non-hydrogen) atoms. The second kappa shape index (κ2) is 10.4. The normalized spacial score (nSPS) is 12.9. The molecule has 0 saturated heterocycles. The zero-order valence-electron chi connectivity index (χ0n) is 14.6. The zero-order valence-corrected chi connectivity index (χ0v) is 14.6. The summed E-state index contributed by atoms with van der Waals surface area (Å²) in [7, 11) is 0. The Hall–Kier alpha value is -2.53. The standard InChI is InChI=1S/C20H27N3O2/c1-16(14-21-19-10-6-3-7-11-19)23-20(25)22-15-18(12-13-24)17-8-4-2-5-9-17/h2-11,16,18,21,24H,12-15H2,1H3,(H2,22,23,25). The third-order valence-corrected chi connectivity index (χ3v) is 4.02. The molecule has 0 radical (unpaired) electrons. The lowest BCUT2D eigenvalue weighted by atomic mass is 9.96. The summed E-state index contributed by atoms with van der Waals surface area (Å²) < 4.78 is 0. The Morgan fingerprint density at radius 3 is 2.28 bits per heavy atom. The molecule has 5 nitrogen and oxygen atoms in total. The maximum absolute atomic E-state index is 12.1. The summed E-state index contributed by atoms with van der Waals surface area (Å²) in [4.78, 5) is 12.1. The SMILES string of the molecule is CC(CNc1ccccc1)NC(=O)NCC(CCO)c1ccccc1. The van der Waals surface area contributed by atoms with Gasteiger partial charge in [0.05, 0.1) is 0 Å². The minimum atomic E-state index is -0.193. The van der Waals surface area contributed by atoms with Gasteiger partial charge in [-0.1, -0.05) is 48.5 Å². The van der Waals surface area contributed by atoms with Crippen molar-refractivity contribution in [3.63, 3.8) is 0 Å². The smallest absolute Gasteiger partial charge is 0.315 e. The number of rotatable bonds is 9. The van der Waals surface area contributed by atoms with Gasteiger partial charge in [-0.25, -0.2) is 4.79 Å². The second-order valence-corrected chi connectivity index (χ2v) is 6.12. The summed E-state index contributed by atoms with van der Waals surface area (Å²) >= 11 is 0. The van der Waals surface area contributed by atoms with E-state index in [9.17, 15) is 9.90 Å². The van der Waals surface area contributed by atoms with Crippen molar-refractivity contribution < 1.29 is 9.90 Å². The average Bonchev–Trinajstić information content (AvgIpc) is 2.65. The Bertz CT molecular complexity index is 619. The van der Waals surface area contributed by atoms with Crippen molar-refractivity contribution in [1.29, 1.82) is 0 Å². The van der Waals surface area contributed by atoms with Gasteiger partial charge in [0.25, 0.3) is 0 Å². The molecule has 0 heterocycles. The first kappa shape index (κ1) is 18.8. The highest BCUT2D eigenvalue weighted by Crippen LogP contribution is 2.18. The van der Waals surface area contributed by atoms with Crippen LogP contribution in [0.15, 0.2) is 60.7 Å². The van der Waals surface area contributed by atoms with Crippen LogP contribution in [0.4, 0.5) is 10.5 Å². The summed E-state index contributed by atoms with van der Waals surface area (Å²) in [6, 6.07) is 19.6. The van der Waals surface area contributed by atoms with Gasteiger partial charge in [-0.2, -0.15) is 0 Å². The molecule has 2 aromatic rings. The molecule has 0 aromatic heterocycles. The van der Waals surface area contributed by atoms with Gasteiger partial charge in [-0.05, 0) is 31.0 Å². The molecule has 0 aliphatic heterocycles. The van der Waals surface area contributed by atoms with E-state index in [1.54, 1.807) is 0 Å². The fourth-order valence-electron chi connectivity index (χ4n) is 2.64. The first-order valence-corrected chi connectivity index (χ1v) is 8.68. The largest absolute Gasteiger partial charge is 0.396 e. The van der Waals surface area contributed by atoms with Gasteiger partial charge < -0.3 is 21.1 Å². The lowest BCUT2D eigenvalue weighted by molar-refractivity contribution is 0.235. The highest BCUT2D eigenvalue weighted by molar-refractivity contribution is 5.74. The fourth-order valence-corrected chi connectivity index (χ4v) is 2.64. The molecule has 0 aliphatic carbocycles. The van der Waals surface area contributed by atoms with Gasteiger partial charge in [-0.3, -0.25) is 0 Å². The molecule has 4 N–H and O–H groups in total. The maximum Gasteiger partial charge on any atom is 0.315 e. The molecule has 2 unspecified atom stereocenters. The second-order valence-electron chi connectivity index (χ2n) is 6.12. The van der Waals surface area contributed by atoms with Crippen molar-refractivity contribution in [3.05, 3.63) is 66.2 Å². The van der Waals surface area contributed by atoms with Gasteiger partial charge in [0.1, 0.15) is 0 Å². The van der Waals surface area contributed by atoms with Gasteiger partial charge in [0.2, 0.25) is 0 Å². The molecule has 5 heteroatoms. The van der Waals surface area contributed by atoms with E-state index in [0.717, 1.165) is 11.3 Å². The number of carbonyl (C=O) groups is 1. The van der Waals surface area contributed by atoms with E-state index < -0.39 is 0 Å². The van der Waals surface area contributed by atoms with E-state index in [-0.39, 0.29) is 24.6 Å². The fraction of sp³-hybridized carbons (Fsp3) is 0.350. The molecule has 0 bridgehead atoms. The summed E-state index contributed by atoms with van der Waals surface area (Å²) in [5.41, 5.74) is 2.15. The first-order valence-electron chi connectivity index (χ1n) is 8.68. The molecule has 0 spiro atoms. The number of anilines is 1. The van der Waals surface area contributed by atoms with E-state index in [1.165, 1.54) is 0 Å². The Kier molecular flexibility index (Phi) is 7.79. The van der Waals surface area contributed by atoms with Gasteiger partial charge in [0.15, 0.2) is 0 Å². The van der Waals surface area contributed by atoms with Crippen LogP contribution in [0, 0.1) is 0 Å². The predicted octanol–water partition coefficient (Wildman–Crippen LogP) is 2.95. The van der Waals surface area contributed by atoms with Gasteiger partial charge >= 0.3 is 6.03 Å². The van der Waals surface area contributed by atoms with Crippen molar-refractivity contribution in [2.45, 2.75) is 25.3 Å². The molecule has 2 atom stereocenters. The molecule has 2 rings (SSSR count). The van der Waals surface area contributed by atoms with Crippen molar-refractivity contribution in [2.24, 2.45) is 0 Å². The molecule has 2 amide bonds. The quantitative estimate of drug-likeness (QED) is 0.567. The lowest BCUT2D eigenvalue weighted by Crippen LogP contribution is -2.44. The lowest BCUT2D eigenvalue weighted by Gasteiger charge is -2.19. The topological polar surface area (TPSA) is 73.4 Å². The third-order valence-electron chi connectivity index (χ3n) is 4.02. The van der Waals surface area contributed by atoms with Gasteiger partial charge in [-0.15, -0.1) is 0 Å². The Labute approximate surface area is 149 Å². The minimum Gasteiger partial charge on any atom is -0.396 e. The predicted molar refractivity (Wildman–Crippen MR) is 102 cm³/mol. The van der Waals surface area contributed by atoms with Crippen LogP contribution in [-0.4, -0.2) is 36.9 Å². The average molecular weight is 341 g/mol. The molecule has 2 aromatic carbocycles. The Morgan fingerprint density at radius 1 is 1.00 bits per heavy atom. The van der Waals surface area contributed by atoms with Crippen molar-refractivity contribution in [1.82, 2.24) is 10.6 Å². The van der Waals surface area contributed by atoms with Gasteiger partial charge in [0, 0.05) is 37.3 Å². The van der Waals surface area contributed by atoms with Crippen LogP contribution >= 0.6 is 0 Å². The minimum absolute atomic E-state index is 0.00627. The highest BCUT2D eigenvalue weighted by atomic mass is 16.3. The van der Waals surface area contributed by atoms with E-state index in [1.807, 2.05) is 67.6 Å². The molecular formula is C20H27N3O2. The Morgan fingerprint density at radius 2 is 1.64 bits per heavy atom. The molecule has 0 saturated carbocycles. The number of aliphatic hydroxyl groups is 1. The highest BCUT2D eigenvalue weighted by Gasteiger charge is 2.13. The van der Waals surface area contributed by atoms with Crippen LogP contribution < -0.4 is 16.0 Å². The number of para-hydroxylation sites is 1. The first-order chi connectivity index (χ1) is 12.2. The van der Waals surface area contributed by atoms with E-state index in [2.05, 4.69) is 16.0 Å². The third kappa shape index (κ3) is 6.85. The molecular weight excluding hydrogens is 314 g/mol. The number of benzene rings is 2. The van der Waals surface area contributed by atoms with Crippen molar-refractivity contribution in [3.8, 4) is 0 Å². The number of hydrogen-bond acceptors (Lipinski definition) is 3. The van der Waals surface area contributed by atoms with Crippen LogP contribution in [0.5, 0.6) is 0 Å². The summed E-state index contributed by atoms with van der Waals surface area (Å²) in [6.07, 6.45) is 0.620. The Balaban J connectivity index is 1.74. The number of hydrogen-bond donors (Lipinski definition) is 4. The molecule has 0 aliphatic rings. The van der Waals surface area contributed by atoms with Crippen LogP contribution in [0.2, 0.25) is 0 Å². The van der Waals surface area contributed by atoms with Crippen molar-refractivity contribution in [2.75, 3.05) is 25.0 Å². The van der Waals surface area contributed by atoms with Crippen LogP contribution in [0.3, 0.4) is 0 Å². The summed E-state index contributed by atoms with van der Waals surface area (Å²) in [6.45, 7) is 3.20.